The maximum absolute atomic E-state index is 10.4. The van der Waals surface area contributed by atoms with Crippen molar-refractivity contribution < 1.29 is 89.1 Å². The highest BCUT2D eigenvalue weighted by molar-refractivity contribution is 5.78. The number of carbonyl (C=O) groups is 9. The zero-order valence-electron chi connectivity index (χ0n) is 69.8. The Balaban J connectivity index is -0.000000154. The molecule has 16 unspecified atom stereocenters. The molecule has 0 aromatic heterocycles. The molecule has 0 aliphatic rings. The highest BCUT2D eigenvalue weighted by atomic mass is 16.4. The van der Waals surface area contributed by atoms with Gasteiger partial charge in [0.05, 0.1) is 0 Å². The van der Waals surface area contributed by atoms with Crippen LogP contribution in [-0.4, -0.2) is 209 Å². The lowest BCUT2D eigenvalue weighted by Gasteiger charge is -2.16. The Morgan fingerprint density at radius 2 is 0.637 bits per heavy atom. The van der Waals surface area contributed by atoms with Gasteiger partial charge >= 0.3 is 53.7 Å². The van der Waals surface area contributed by atoms with Crippen LogP contribution in [0.25, 0.3) is 0 Å². The van der Waals surface area contributed by atoms with E-state index in [0.717, 1.165) is 109 Å². The monoisotopic (exact) mass is 1630 g/mol. The van der Waals surface area contributed by atoms with E-state index >= 15 is 0 Å². The van der Waals surface area contributed by atoms with Gasteiger partial charge in [-0.2, -0.15) is 0 Å². The third-order valence-electron chi connectivity index (χ3n) is 16.4. The Bertz CT molecular complexity index is 2500. The Kier molecular flexibility index (Phi) is 88.3. The van der Waals surface area contributed by atoms with Crippen LogP contribution in [0.1, 0.15) is 268 Å². The molecule has 0 aliphatic heterocycles. The summed E-state index contributed by atoms with van der Waals surface area (Å²) < 4.78 is 0. The van der Waals surface area contributed by atoms with Crippen molar-refractivity contribution in [3.8, 4) is 0 Å². The number of rotatable bonds is 53. The summed E-state index contributed by atoms with van der Waals surface area (Å²) in [5.74, 6) is -7.37. The molecule has 0 spiro atoms. The van der Waals surface area contributed by atoms with Crippen LogP contribution in [0.5, 0.6) is 0 Å². The molecule has 0 bridgehead atoms. The van der Waals surface area contributed by atoms with E-state index in [2.05, 4.69) is 34.6 Å². The van der Waals surface area contributed by atoms with E-state index in [4.69, 9.17) is 166 Å². The van der Waals surface area contributed by atoms with Crippen LogP contribution in [0, 0.1) is 17.2 Å². The minimum absolute atomic E-state index is 0.0744. The fraction of sp³-hybridized carbons (Fsp3) is 0.811. The highest BCUT2D eigenvalue weighted by Crippen LogP contribution is 2.13. The second-order valence-electron chi connectivity index (χ2n) is 29.5. The molecular weight excluding hydrogens is 1470 g/mol. The third kappa shape index (κ3) is 101. The van der Waals surface area contributed by atoms with Crippen molar-refractivity contribution in [1.82, 2.24) is 0 Å². The summed E-state index contributed by atoms with van der Waals surface area (Å²) in [6.07, 6.45) is 24.6. The Morgan fingerprint density at radius 1 is 0.327 bits per heavy atom. The third-order valence-corrected chi connectivity index (χ3v) is 16.4. The summed E-state index contributed by atoms with van der Waals surface area (Å²) in [5, 5.41) is 83.3. The SMILES string of the molecule is C/C(N)=C(/N)CCC(N)C(=O)O.C/C(N)=C/C(N)CCC(N)C(=O)O.CC(=N)CCCCCCC(N)C(=O)O.CC(C)CC(N)CCC(N)C(=O)O.CC(C)CCC(N)CCCC(N)C(=O)O.CC(N)C(N)CCC(N)C(=O)O.CC(N)CCCCC(N)C(=O)O.CCCC(N)CCC(N)C(=O)O.NCCCCC(N)C(=O)O. The zero-order chi connectivity index (χ0) is 90.2. The van der Waals surface area contributed by atoms with E-state index in [1.807, 2.05) is 6.92 Å². The molecule has 50 N–H and O–H groups in total. The highest BCUT2D eigenvalue weighted by Gasteiger charge is 2.19. The second-order valence-corrected chi connectivity index (χ2v) is 29.5. The molecule has 39 heteroatoms. The molecule has 672 valence electrons. The predicted octanol–water partition coefficient (Wildman–Crippen LogP) is 1.35. The van der Waals surface area contributed by atoms with Gasteiger partial charge in [-0.15, -0.1) is 0 Å². The summed E-state index contributed by atoms with van der Waals surface area (Å²) in [6.45, 7) is 20.1. The quantitative estimate of drug-likeness (QED) is 0.0302. The van der Waals surface area contributed by atoms with Gasteiger partial charge in [0, 0.05) is 65.1 Å². The van der Waals surface area contributed by atoms with Gasteiger partial charge in [0.25, 0.3) is 0 Å². The molecule has 0 saturated carbocycles. The molecule has 39 nitrogen and oxygen atoms in total. The van der Waals surface area contributed by atoms with Crippen molar-refractivity contribution in [2.75, 3.05) is 6.54 Å². The van der Waals surface area contributed by atoms with E-state index in [9.17, 15) is 43.2 Å². The lowest BCUT2D eigenvalue weighted by atomic mass is 9.99. The largest absolute Gasteiger partial charge is 0.480 e. The van der Waals surface area contributed by atoms with Gasteiger partial charge in [0.2, 0.25) is 0 Å². The molecule has 0 amide bonds. The van der Waals surface area contributed by atoms with Crippen molar-refractivity contribution in [3.05, 3.63) is 23.2 Å². The summed E-state index contributed by atoms with van der Waals surface area (Å²) in [6, 6.07) is -6.85. The van der Waals surface area contributed by atoms with Crippen LogP contribution in [0.2, 0.25) is 0 Å². The Hall–Kier alpha value is -6.90. The molecule has 0 heterocycles. The van der Waals surface area contributed by atoms with Crippen molar-refractivity contribution >= 4 is 59.4 Å². The number of allylic oxidation sites excluding steroid dienone is 3. The molecule has 0 fully saturated rings. The molecule has 16 atom stereocenters. The van der Waals surface area contributed by atoms with E-state index < -0.39 is 108 Å². The van der Waals surface area contributed by atoms with Gasteiger partial charge in [-0.05, 0) is 213 Å². The second kappa shape index (κ2) is 80.3. The van der Waals surface area contributed by atoms with Crippen LogP contribution < -0.4 is 115 Å². The maximum atomic E-state index is 10.4. The normalized spacial score (nSPS) is 15.3. The number of carboxylic acid groups (broad SMARTS) is 9. The van der Waals surface area contributed by atoms with Gasteiger partial charge in [-0.25, -0.2) is 0 Å². The molecule has 0 aromatic rings. The van der Waals surface area contributed by atoms with E-state index in [0.29, 0.717) is 131 Å². The summed E-state index contributed by atoms with van der Waals surface area (Å²) >= 11 is 0. The summed E-state index contributed by atoms with van der Waals surface area (Å²) in [4.78, 5) is 92.8. The molecule has 0 aliphatic carbocycles. The molecule has 0 saturated heterocycles. The van der Waals surface area contributed by atoms with E-state index in [1.54, 1.807) is 33.8 Å². The Morgan fingerprint density at radius 3 is 0.965 bits per heavy atom. The van der Waals surface area contributed by atoms with E-state index in [-0.39, 0.29) is 42.3 Å². The predicted molar refractivity (Wildman–Crippen MR) is 448 cm³/mol. The lowest BCUT2D eigenvalue weighted by Crippen LogP contribution is -2.41. The molecule has 0 radical (unpaired) electrons. The molecule has 0 rings (SSSR count). The first kappa shape index (κ1) is 124. The molecule has 113 heavy (non-hydrogen) atoms. The van der Waals surface area contributed by atoms with Crippen molar-refractivity contribution in [3.63, 3.8) is 0 Å². The van der Waals surface area contributed by atoms with Gasteiger partial charge in [0.1, 0.15) is 54.4 Å². The van der Waals surface area contributed by atoms with Crippen molar-refractivity contribution in [2.45, 2.75) is 365 Å². The summed E-state index contributed by atoms with van der Waals surface area (Å²) in [7, 11) is 0. The first-order valence-corrected chi connectivity index (χ1v) is 39.1. The number of hydrogen-bond acceptors (Lipinski definition) is 30. The standard InChI is InChI=1S/C11H24N2O2.C10H20N2O2.C9H20N2O2.C8H17N3O2.2C8H18N2O2.C7H17N3O2.C7H15N3O2.C6H14N2O2/c1-8(2)6-7-9(12)4-3-5-10(13)11(14)15;1-8(11)6-4-2-3-5-7-9(12)10(13)14;1-6(2)5-7(10)3-4-8(11)9(12)13;1-5(9)4-6(10)2-3-7(11)8(12)13;1-6(9)4-2-3-5-7(10)8(11)12;1-2-3-6(9)4-5-7(10)8(11)12;2*1-4(8)5(9)2-3-6(10)7(11)12;7-4-2-1-3-5(8)6(9)10/h8-10H,3-7,12-13H2,1-2H3,(H,14,15);9,11H,2-7,12H2,1H3,(H,13,14);6-8H,3-5,10-11H2,1-2H3,(H,12,13);4,6-7H,2-3,9-11H2,1H3,(H,12,13);2*6-7H,2-5,9-10H2,1H3,(H,11,12);4-6H,2-3,8-10H2,1H3,(H,11,12);6H,2-3,8-10H2,1H3,(H,11,12);5H,1-4,7-8H2,(H,9,10)/b;;;5-4-;;;;5-4-;. The topological polar surface area (TPSA) is 880 Å². The molecular formula is C74H163N21O18. The minimum Gasteiger partial charge on any atom is -0.480 e. The van der Waals surface area contributed by atoms with Crippen LogP contribution in [0.3, 0.4) is 0 Å². The van der Waals surface area contributed by atoms with Crippen LogP contribution in [0.15, 0.2) is 23.2 Å². The Labute approximate surface area is 672 Å². The van der Waals surface area contributed by atoms with Gasteiger partial charge in [-0.1, -0.05) is 79.6 Å². The number of nitrogens with two attached hydrogens (primary N) is 20. The van der Waals surface area contributed by atoms with Gasteiger partial charge in [0.15, 0.2) is 0 Å². The molecule has 0 aromatic carbocycles. The number of nitrogens with one attached hydrogen (secondary N) is 1. The lowest BCUT2D eigenvalue weighted by molar-refractivity contribution is -0.139. The summed E-state index contributed by atoms with van der Waals surface area (Å²) in [5.41, 5.74) is 111. The smallest absolute Gasteiger partial charge is 0.320 e. The van der Waals surface area contributed by atoms with Gasteiger partial charge < -0.3 is 166 Å². The van der Waals surface area contributed by atoms with Gasteiger partial charge in [-0.3, -0.25) is 43.2 Å². The van der Waals surface area contributed by atoms with Crippen LogP contribution >= 0.6 is 0 Å². The fourth-order valence-electron chi connectivity index (χ4n) is 8.81. The van der Waals surface area contributed by atoms with E-state index in [1.165, 1.54) is 0 Å². The fourth-order valence-corrected chi connectivity index (χ4v) is 8.81. The average molecular weight is 1640 g/mol. The van der Waals surface area contributed by atoms with Crippen molar-refractivity contribution in [1.29, 1.82) is 5.41 Å². The number of unbranched alkanes of at least 4 members (excludes halogenated alkanes) is 5. The first-order chi connectivity index (χ1) is 52.0. The van der Waals surface area contributed by atoms with Crippen LogP contribution in [0.4, 0.5) is 0 Å². The maximum Gasteiger partial charge on any atom is 0.320 e. The number of carboxylic acids is 9. The number of aliphatic carboxylic acids is 9. The van der Waals surface area contributed by atoms with Crippen molar-refractivity contribution in [2.24, 2.45) is 127 Å². The van der Waals surface area contributed by atoms with Crippen LogP contribution in [-0.2, 0) is 43.2 Å². The number of hydrogen-bond donors (Lipinski definition) is 30. The average Bonchev–Trinajstić information content (AvgIpc) is 0.991. The first-order valence-electron chi connectivity index (χ1n) is 39.1. The minimum atomic E-state index is -1.02. The zero-order valence-corrected chi connectivity index (χ0v) is 69.8.